The molecule has 0 spiro atoms. The van der Waals surface area contributed by atoms with Crippen molar-refractivity contribution in [3.63, 3.8) is 0 Å². The molecule has 0 aromatic carbocycles. The number of rotatable bonds is 7. The van der Waals surface area contributed by atoms with Gasteiger partial charge < -0.3 is 5.32 Å². The summed E-state index contributed by atoms with van der Waals surface area (Å²) in [6.45, 7) is 6.98. The van der Waals surface area contributed by atoms with Crippen molar-refractivity contribution in [2.75, 3.05) is 6.54 Å². The van der Waals surface area contributed by atoms with E-state index in [0.29, 0.717) is 17.3 Å². The molecule has 3 N–H and O–H groups in total. The van der Waals surface area contributed by atoms with Crippen LogP contribution in [0.25, 0.3) is 0 Å². The maximum atomic E-state index is 12.4. The Bertz CT molecular complexity index is 680. The molecule has 2 aromatic rings. The lowest BCUT2D eigenvalue weighted by molar-refractivity contribution is 0.559. The Kier molecular flexibility index (Phi) is 5.04. The lowest BCUT2D eigenvalue weighted by Gasteiger charge is -2.10. The molecule has 1 unspecified atom stereocenters. The minimum atomic E-state index is -3.61. The fraction of sp³-hybridized carbons (Fsp3) is 0.545. The van der Waals surface area contributed by atoms with Gasteiger partial charge in [-0.2, -0.15) is 5.21 Å². The van der Waals surface area contributed by atoms with Gasteiger partial charge in [-0.1, -0.05) is 12.1 Å². The van der Waals surface area contributed by atoms with Crippen molar-refractivity contribution in [2.45, 2.75) is 38.3 Å². The van der Waals surface area contributed by atoms with E-state index in [1.165, 1.54) is 11.3 Å². The topological polar surface area (TPSA) is 113 Å². The number of tetrazole rings is 1. The van der Waals surface area contributed by atoms with Crippen LogP contribution in [0.5, 0.6) is 0 Å². The third-order valence-corrected chi connectivity index (χ3v) is 5.69. The van der Waals surface area contributed by atoms with Gasteiger partial charge in [0.1, 0.15) is 0 Å². The zero-order valence-corrected chi connectivity index (χ0v) is 13.7. The molecular formula is C11H18N6O2S2. The number of hydrogen-bond acceptors (Lipinski definition) is 7. The summed E-state index contributed by atoms with van der Waals surface area (Å²) in [5, 5.41) is 16.5. The lowest BCUT2D eigenvalue weighted by atomic mass is 10.4. The number of nitrogens with zero attached hydrogens (tertiary/aromatic N) is 3. The van der Waals surface area contributed by atoms with Crippen LogP contribution >= 0.6 is 11.3 Å². The summed E-state index contributed by atoms with van der Waals surface area (Å²) in [6, 6.07) is 1.15. The van der Waals surface area contributed by atoms with E-state index in [-0.39, 0.29) is 0 Å². The number of thiophene rings is 1. The summed E-state index contributed by atoms with van der Waals surface area (Å²) < 4.78 is 27.4. The standard InChI is InChI=1S/C11H18N6O2S2/c1-4-12-6-9-5-10(8(3)20-9)21(18,19)15-7(2)11-13-16-17-14-11/h5,7,12,15H,4,6H2,1-3H3,(H,13,14,16,17). The molecule has 2 aromatic heterocycles. The largest absolute Gasteiger partial charge is 0.312 e. The van der Waals surface area contributed by atoms with E-state index in [2.05, 4.69) is 30.7 Å². The van der Waals surface area contributed by atoms with Crippen molar-refractivity contribution in [3.8, 4) is 0 Å². The van der Waals surface area contributed by atoms with Gasteiger partial charge in [-0.15, -0.1) is 21.5 Å². The van der Waals surface area contributed by atoms with Crippen LogP contribution in [-0.2, 0) is 16.6 Å². The minimum Gasteiger partial charge on any atom is -0.312 e. The smallest absolute Gasteiger partial charge is 0.242 e. The highest BCUT2D eigenvalue weighted by atomic mass is 32.2. The fourth-order valence-corrected chi connectivity index (χ4v) is 4.63. The van der Waals surface area contributed by atoms with Crippen LogP contribution in [0.4, 0.5) is 0 Å². The Morgan fingerprint density at radius 2 is 2.24 bits per heavy atom. The Morgan fingerprint density at radius 1 is 1.48 bits per heavy atom. The number of H-pyrrole nitrogens is 1. The van der Waals surface area contributed by atoms with Gasteiger partial charge in [0.15, 0.2) is 5.82 Å². The first-order valence-electron chi connectivity index (χ1n) is 6.49. The van der Waals surface area contributed by atoms with Crippen molar-refractivity contribution in [3.05, 3.63) is 21.6 Å². The highest BCUT2D eigenvalue weighted by Crippen LogP contribution is 2.26. The first kappa shape index (κ1) is 16.0. The third kappa shape index (κ3) is 3.84. The quantitative estimate of drug-likeness (QED) is 0.689. The number of hydrogen-bond donors (Lipinski definition) is 3. The molecule has 1 atom stereocenters. The van der Waals surface area contributed by atoms with Gasteiger partial charge in [0.25, 0.3) is 0 Å². The average Bonchev–Trinajstić information content (AvgIpc) is 3.05. The molecule has 8 nitrogen and oxygen atoms in total. The monoisotopic (exact) mass is 330 g/mol. The first-order valence-corrected chi connectivity index (χ1v) is 8.79. The Balaban J connectivity index is 2.17. The number of aromatic nitrogens is 4. The molecule has 0 aliphatic heterocycles. The van der Waals surface area contributed by atoms with Crippen LogP contribution in [0, 0.1) is 6.92 Å². The van der Waals surface area contributed by atoms with Crippen molar-refractivity contribution in [1.29, 1.82) is 0 Å². The minimum absolute atomic E-state index is 0.302. The van der Waals surface area contributed by atoms with Gasteiger partial charge in [-0.05, 0) is 26.5 Å². The van der Waals surface area contributed by atoms with Crippen molar-refractivity contribution >= 4 is 21.4 Å². The van der Waals surface area contributed by atoms with Crippen LogP contribution in [0.15, 0.2) is 11.0 Å². The van der Waals surface area contributed by atoms with Crippen LogP contribution in [-0.4, -0.2) is 35.6 Å². The zero-order valence-electron chi connectivity index (χ0n) is 12.0. The van der Waals surface area contributed by atoms with E-state index in [0.717, 1.165) is 16.3 Å². The summed E-state index contributed by atoms with van der Waals surface area (Å²) in [5.41, 5.74) is 0. The summed E-state index contributed by atoms with van der Waals surface area (Å²) >= 11 is 1.47. The second-order valence-corrected chi connectivity index (χ2v) is 7.55. The normalized spacial score (nSPS) is 13.5. The van der Waals surface area contributed by atoms with Crippen LogP contribution in [0.3, 0.4) is 0 Å². The van der Waals surface area contributed by atoms with E-state index < -0.39 is 16.1 Å². The molecule has 0 bridgehead atoms. The maximum absolute atomic E-state index is 12.4. The third-order valence-electron chi connectivity index (χ3n) is 2.84. The SMILES string of the molecule is CCNCc1cc(S(=O)(=O)NC(C)c2nn[nH]n2)c(C)s1. The molecule has 0 radical (unpaired) electrons. The molecule has 0 saturated carbocycles. The number of aryl methyl sites for hydroxylation is 1. The van der Waals surface area contributed by atoms with Crippen LogP contribution < -0.4 is 10.0 Å². The predicted molar refractivity (Wildman–Crippen MR) is 79.4 cm³/mol. The second-order valence-electron chi connectivity index (χ2n) is 4.53. The summed E-state index contributed by atoms with van der Waals surface area (Å²) in [7, 11) is -3.61. The van der Waals surface area contributed by atoms with E-state index >= 15 is 0 Å². The molecule has 10 heteroatoms. The molecular weight excluding hydrogens is 312 g/mol. The molecule has 0 saturated heterocycles. The van der Waals surface area contributed by atoms with Crippen molar-refractivity contribution in [2.24, 2.45) is 0 Å². The van der Waals surface area contributed by atoms with Gasteiger partial charge in [0.2, 0.25) is 10.0 Å². The van der Waals surface area contributed by atoms with Gasteiger partial charge in [0.05, 0.1) is 10.9 Å². The van der Waals surface area contributed by atoms with Gasteiger partial charge in [0, 0.05) is 16.3 Å². The maximum Gasteiger partial charge on any atom is 0.242 e. The van der Waals surface area contributed by atoms with E-state index in [1.54, 1.807) is 19.9 Å². The number of nitrogens with one attached hydrogen (secondary N) is 3. The van der Waals surface area contributed by atoms with Crippen molar-refractivity contribution in [1.82, 2.24) is 30.7 Å². The molecule has 116 valence electrons. The molecule has 0 aliphatic carbocycles. The fourth-order valence-electron chi connectivity index (χ4n) is 1.83. The summed E-state index contributed by atoms with van der Waals surface area (Å²) in [5.74, 6) is 0.305. The molecule has 2 heterocycles. The van der Waals surface area contributed by atoms with Gasteiger partial charge in [-0.3, -0.25) is 0 Å². The van der Waals surface area contributed by atoms with E-state index in [1.807, 2.05) is 6.92 Å². The Hall–Kier alpha value is -1.36. The Morgan fingerprint density at radius 3 is 2.86 bits per heavy atom. The predicted octanol–water partition coefficient (Wildman–Crippen LogP) is 0.719. The lowest BCUT2D eigenvalue weighted by Crippen LogP contribution is -2.27. The van der Waals surface area contributed by atoms with Crippen molar-refractivity contribution < 1.29 is 8.42 Å². The van der Waals surface area contributed by atoms with Crippen LogP contribution in [0.1, 0.15) is 35.5 Å². The van der Waals surface area contributed by atoms with Gasteiger partial charge >= 0.3 is 0 Å². The summed E-state index contributed by atoms with van der Waals surface area (Å²) in [6.07, 6.45) is 0. The zero-order chi connectivity index (χ0) is 15.5. The highest BCUT2D eigenvalue weighted by Gasteiger charge is 2.24. The summed E-state index contributed by atoms with van der Waals surface area (Å²) in [4.78, 5) is 2.05. The highest BCUT2D eigenvalue weighted by molar-refractivity contribution is 7.89. The van der Waals surface area contributed by atoms with E-state index in [4.69, 9.17) is 0 Å². The molecule has 2 rings (SSSR count). The van der Waals surface area contributed by atoms with E-state index in [9.17, 15) is 8.42 Å². The Labute approximate surface area is 127 Å². The number of aromatic amines is 1. The number of sulfonamides is 1. The van der Waals surface area contributed by atoms with Gasteiger partial charge in [-0.25, -0.2) is 13.1 Å². The molecule has 21 heavy (non-hydrogen) atoms. The molecule has 0 fully saturated rings. The first-order chi connectivity index (χ1) is 9.94. The van der Waals surface area contributed by atoms with Crippen LogP contribution in [0.2, 0.25) is 0 Å². The average molecular weight is 330 g/mol. The molecule has 0 aliphatic rings. The molecule has 0 amide bonds. The second kappa shape index (κ2) is 6.60.